The summed E-state index contributed by atoms with van der Waals surface area (Å²) >= 11 is 0. The summed E-state index contributed by atoms with van der Waals surface area (Å²) in [5, 5.41) is 2.60. The molecule has 0 saturated carbocycles. The van der Waals surface area contributed by atoms with Crippen molar-refractivity contribution < 1.29 is 9.59 Å². The van der Waals surface area contributed by atoms with Gasteiger partial charge in [-0.25, -0.2) is 15.0 Å². The molecule has 124 valence electrons. The molecule has 3 rings (SSSR count). The van der Waals surface area contributed by atoms with Crippen LogP contribution >= 0.6 is 0 Å². The van der Waals surface area contributed by atoms with Gasteiger partial charge in [0.1, 0.15) is 12.1 Å². The molecule has 1 aliphatic heterocycles. The summed E-state index contributed by atoms with van der Waals surface area (Å²) in [5.41, 5.74) is 1.49. The van der Waals surface area contributed by atoms with Gasteiger partial charge in [0.25, 0.3) is 5.91 Å². The number of nitrogens with zero attached hydrogens (tertiary/aromatic N) is 4. The van der Waals surface area contributed by atoms with E-state index in [0.29, 0.717) is 17.9 Å². The lowest BCUT2D eigenvalue weighted by Gasteiger charge is -2.32. The number of carbonyl (C=O) groups excluding carboxylic acids is 2. The Morgan fingerprint density at radius 3 is 2.88 bits per heavy atom. The standard InChI is InChI=1S/C17H19N5O2/c1-12(23)21-16-9-13(4-7-19-16)17(24)22-8-2-3-14(10-22)15-5-6-18-11-20-15/h4-7,9,11,14H,2-3,8,10H2,1H3,(H,19,21,23)/t14-/m0/s1. The van der Waals surface area contributed by atoms with Crippen LogP contribution < -0.4 is 5.32 Å². The van der Waals surface area contributed by atoms with E-state index in [1.807, 2.05) is 11.0 Å². The molecule has 2 amide bonds. The number of nitrogens with one attached hydrogen (secondary N) is 1. The van der Waals surface area contributed by atoms with Gasteiger partial charge in [0.05, 0.1) is 0 Å². The van der Waals surface area contributed by atoms with Crippen LogP contribution in [0, 0.1) is 0 Å². The predicted octanol–water partition coefficient (Wildman–Crippen LogP) is 1.85. The van der Waals surface area contributed by atoms with Gasteiger partial charge in [-0.2, -0.15) is 0 Å². The first-order chi connectivity index (χ1) is 11.6. The van der Waals surface area contributed by atoms with Crippen molar-refractivity contribution in [2.45, 2.75) is 25.7 Å². The number of aromatic nitrogens is 3. The Bertz CT molecular complexity index is 735. The maximum absolute atomic E-state index is 12.8. The van der Waals surface area contributed by atoms with Gasteiger partial charge in [-0.3, -0.25) is 9.59 Å². The number of hydrogen-bond acceptors (Lipinski definition) is 5. The van der Waals surface area contributed by atoms with Crippen LogP contribution in [0.3, 0.4) is 0 Å². The molecule has 24 heavy (non-hydrogen) atoms. The fraction of sp³-hybridized carbons (Fsp3) is 0.353. The van der Waals surface area contributed by atoms with Gasteiger partial charge in [0.15, 0.2) is 0 Å². The maximum atomic E-state index is 12.8. The van der Waals surface area contributed by atoms with Crippen LogP contribution in [-0.4, -0.2) is 44.8 Å². The second-order valence-electron chi connectivity index (χ2n) is 5.84. The minimum atomic E-state index is -0.214. The Morgan fingerprint density at radius 1 is 1.25 bits per heavy atom. The summed E-state index contributed by atoms with van der Waals surface area (Å²) in [6, 6.07) is 5.18. The second-order valence-corrected chi connectivity index (χ2v) is 5.84. The van der Waals surface area contributed by atoms with Gasteiger partial charge >= 0.3 is 0 Å². The maximum Gasteiger partial charge on any atom is 0.254 e. The summed E-state index contributed by atoms with van der Waals surface area (Å²) in [7, 11) is 0. The molecule has 1 atom stereocenters. The van der Waals surface area contributed by atoms with E-state index in [1.54, 1.807) is 24.7 Å². The fourth-order valence-corrected chi connectivity index (χ4v) is 2.94. The molecule has 0 bridgehead atoms. The molecule has 2 aromatic heterocycles. The third-order valence-corrected chi connectivity index (χ3v) is 4.04. The van der Waals surface area contributed by atoms with Crippen LogP contribution in [0.2, 0.25) is 0 Å². The van der Waals surface area contributed by atoms with Crippen LogP contribution in [0.15, 0.2) is 36.9 Å². The normalized spacial score (nSPS) is 17.4. The summed E-state index contributed by atoms with van der Waals surface area (Å²) < 4.78 is 0. The lowest BCUT2D eigenvalue weighted by atomic mass is 9.94. The first-order valence-corrected chi connectivity index (χ1v) is 7.92. The summed E-state index contributed by atoms with van der Waals surface area (Å²) in [6.07, 6.45) is 6.74. The Kier molecular flexibility index (Phi) is 4.79. The van der Waals surface area contributed by atoms with Gasteiger partial charge in [-0.15, -0.1) is 0 Å². The molecule has 0 radical (unpaired) electrons. The smallest absolute Gasteiger partial charge is 0.254 e. The second kappa shape index (κ2) is 7.16. The highest BCUT2D eigenvalue weighted by Gasteiger charge is 2.26. The third-order valence-electron chi connectivity index (χ3n) is 4.04. The van der Waals surface area contributed by atoms with Crippen molar-refractivity contribution >= 4 is 17.6 Å². The van der Waals surface area contributed by atoms with E-state index in [9.17, 15) is 9.59 Å². The number of hydrogen-bond donors (Lipinski definition) is 1. The quantitative estimate of drug-likeness (QED) is 0.930. The number of pyridine rings is 1. The third kappa shape index (κ3) is 3.73. The molecule has 7 heteroatoms. The lowest BCUT2D eigenvalue weighted by Crippen LogP contribution is -2.39. The van der Waals surface area contributed by atoms with E-state index in [-0.39, 0.29) is 17.7 Å². The van der Waals surface area contributed by atoms with Crippen molar-refractivity contribution in [2.24, 2.45) is 0 Å². The molecule has 0 aliphatic carbocycles. The molecule has 7 nitrogen and oxygen atoms in total. The van der Waals surface area contributed by atoms with Crippen molar-refractivity contribution in [1.82, 2.24) is 19.9 Å². The number of piperidine rings is 1. The number of rotatable bonds is 3. The first-order valence-electron chi connectivity index (χ1n) is 7.92. The Morgan fingerprint density at radius 2 is 2.12 bits per heavy atom. The molecule has 0 aromatic carbocycles. The van der Waals surface area contributed by atoms with E-state index in [2.05, 4.69) is 20.3 Å². The van der Waals surface area contributed by atoms with Crippen LogP contribution in [0.25, 0.3) is 0 Å². The molecule has 1 saturated heterocycles. The molecule has 1 N–H and O–H groups in total. The van der Waals surface area contributed by atoms with E-state index < -0.39 is 0 Å². The highest BCUT2D eigenvalue weighted by Crippen LogP contribution is 2.26. The molecule has 2 aromatic rings. The fourth-order valence-electron chi connectivity index (χ4n) is 2.94. The van der Waals surface area contributed by atoms with E-state index in [1.165, 1.54) is 13.1 Å². The van der Waals surface area contributed by atoms with Gasteiger partial charge in [0.2, 0.25) is 5.91 Å². The number of carbonyl (C=O) groups is 2. The summed E-state index contributed by atoms with van der Waals surface area (Å²) in [6.45, 7) is 2.76. The predicted molar refractivity (Wildman–Crippen MR) is 88.5 cm³/mol. The zero-order valence-electron chi connectivity index (χ0n) is 13.5. The molecule has 0 spiro atoms. The summed E-state index contributed by atoms with van der Waals surface area (Å²) in [5.74, 6) is 0.344. The van der Waals surface area contributed by atoms with Gasteiger partial charge in [-0.1, -0.05) is 0 Å². The van der Waals surface area contributed by atoms with Crippen LogP contribution in [-0.2, 0) is 4.79 Å². The van der Waals surface area contributed by atoms with Crippen LogP contribution in [0.4, 0.5) is 5.82 Å². The minimum absolute atomic E-state index is 0.0530. The Balaban J connectivity index is 1.74. The highest BCUT2D eigenvalue weighted by atomic mass is 16.2. The van der Waals surface area contributed by atoms with E-state index in [0.717, 1.165) is 25.1 Å². The first kappa shape index (κ1) is 16.0. The average molecular weight is 325 g/mol. The molecule has 0 unspecified atom stereocenters. The minimum Gasteiger partial charge on any atom is -0.338 e. The number of likely N-dealkylation sites (tertiary alicyclic amines) is 1. The van der Waals surface area contributed by atoms with Gasteiger partial charge < -0.3 is 10.2 Å². The Labute approximate surface area is 140 Å². The summed E-state index contributed by atoms with van der Waals surface area (Å²) in [4.78, 5) is 38.0. The zero-order chi connectivity index (χ0) is 16.9. The van der Waals surface area contributed by atoms with E-state index >= 15 is 0 Å². The molecule has 1 aliphatic rings. The van der Waals surface area contributed by atoms with Crippen molar-refractivity contribution in [2.75, 3.05) is 18.4 Å². The molecule has 3 heterocycles. The lowest BCUT2D eigenvalue weighted by molar-refractivity contribution is -0.114. The van der Waals surface area contributed by atoms with E-state index in [4.69, 9.17) is 0 Å². The van der Waals surface area contributed by atoms with Crippen LogP contribution in [0.5, 0.6) is 0 Å². The van der Waals surface area contributed by atoms with Crippen molar-refractivity contribution in [3.8, 4) is 0 Å². The molecular weight excluding hydrogens is 306 g/mol. The SMILES string of the molecule is CC(=O)Nc1cc(C(=O)N2CCC[C@H](c3ccncn3)C2)ccn1. The van der Waals surface area contributed by atoms with Gasteiger partial charge in [0, 0.05) is 49.6 Å². The van der Waals surface area contributed by atoms with Crippen molar-refractivity contribution in [3.63, 3.8) is 0 Å². The number of amides is 2. The largest absolute Gasteiger partial charge is 0.338 e. The van der Waals surface area contributed by atoms with Crippen LogP contribution in [0.1, 0.15) is 41.7 Å². The topological polar surface area (TPSA) is 88.1 Å². The van der Waals surface area contributed by atoms with Crippen molar-refractivity contribution in [1.29, 1.82) is 0 Å². The molecule has 1 fully saturated rings. The average Bonchev–Trinajstić information content (AvgIpc) is 2.62. The Hall–Kier alpha value is -2.83. The highest BCUT2D eigenvalue weighted by molar-refractivity contribution is 5.96. The van der Waals surface area contributed by atoms with Crippen molar-refractivity contribution in [3.05, 3.63) is 48.2 Å². The molecular formula is C17H19N5O2. The monoisotopic (exact) mass is 325 g/mol. The van der Waals surface area contributed by atoms with Gasteiger partial charge in [-0.05, 0) is 31.0 Å². The number of anilines is 1. The zero-order valence-corrected chi connectivity index (χ0v) is 13.5.